The predicted molar refractivity (Wildman–Crippen MR) is 83.9 cm³/mol. The molecule has 8 heteroatoms. The lowest BCUT2D eigenvalue weighted by atomic mass is 10.1. The van der Waals surface area contributed by atoms with Crippen molar-refractivity contribution in [2.75, 3.05) is 13.2 Å². The summed E-state index contributed by atoms with van der Waals surface area (Å²) in [5, 5.41) is 9.41. The van der Waals surface area contributed by atoms with E-state index in [1.807, 2.05) is 6.92 Å². The van der Waals surface area contributed by atoms with E-state index in [4.69, 9.17) is 18.4 Å². The van der Waals surface area contributed by atoms with Crippen LogP contribution in [0.4, 0.5) is 0 Å². The van der Waals surface area contributed by atoms with Crippen LogP contribution in [-0.4, -0.2) is 56.9 Å². The second kappa shape index (κ2) is 6.36. The van der Waals surface area contributed by atoms with Crippen LogP contribution in [0, 0.1) is 6.92 Å². The molecule has 1 unspecified atom stereocenters. The zero-order valence-corrected chi connectivity index (χ0v) is 14.7. The molecule has 134 valence electrons. The molecule has 3 rings (SSSR count). The van der Waals surface area contributed by atoms with E-state index in [1.54, 1.807) is 26.0 Å². The molecule has 2 fully saturated rings. The van der Waals surface area contributed by atoms with E-state index < -0.39 is 40.3 Å². The molecule has 0 aromatic heterocycles. The molecule has 4 atom stereocenters. The maximum Gasteiger partial charge on any atom is 0.297 e. The highest BCUT2D eigenvalue weighted by atomic mass is 32.2. The van der Waals surface area contributed by atoms with E-state index in [9.17, 15) is 13.5 Å². The Bertz CT molecular complexity index is 683. The van der Waals surface area contributed by atoms with E-state index in [2.05, 4.69) is 0 Å². The van der Waals surface area contributed by atoms with Gasteiger partial charge in [0.25, 0.3) is 10.1 Å². The lowest BCUT2D eigenvalue weighted by Gasteiger charge is -2.23. The molecule has 0 amide bonds. The van der Waals surface area contributed by atoms with Crippen molar-refractivity contribution < 1.29 is 31.9 Å². The second-order valence-electron chi connectivity index (χ2n) is 6.51. The molecule has 2 aliphatic rings. The van der Waals surface area contributed by atoms with E-state index in [1.165, 1.54) is 12.1 Å². The molecule has 0 radical (unpaired) electrons. The first-order chi connectivity index (χ1) is 11.2. The molecule has 0 saturated carbocycles. The van der Waals surface area contributed by atoms with Gasteiger partial charge in [-0.1, -0.05) is 17.7 Å². The van der Waals surface area contributed by atoms with Crippen LogP contribution >= 0.6 is 0 Å². The molecule has 24 heavy (non-hydrogen) atoms. The van der Waals surface area contributed by atoms with Gasteiger partial charge in [-0.15, -0.1) is 0 Å². The van der Waals surface area contributed by atoms with Crippen molar-refractivity contribution >= 4 is 10.1 Å². The summed E-state index contributed by atoms with van der Waals surface area (Å²) in [6.07, 6.45) is -2.12. The number of benzene rings is 1. The molecule has 1 N–H and O–H groups in total. The van der Waals surface area contributed by atoms with Gasteiger partial charge >= 0.3 is 0 Å². The van der Waals surface area contributed by atoms with Gasteiger partial charge in [0.05, 0.1) is 18.1 Å². The van der Waals surface area contributed by atoms with Crippen molar-refractivity contribution in [1.82, 2.24) is 0 Å². The van der Waals surface area contributed by atoms with Crippen LogP contribution in [0.3, 0.4) is 0 Å². The summed E-state index contributed by atoms with van der Waals surface area (Å²) < 4.78 is 46.8. The van der Waals surface area contributed by atoms with Crippen LogP contribution in [0.5, 0.6) is 0 Å². The summed E-state index contributed by atoms with van der Waals surface area (Å²) in [6, 6.07) is 6.41. The summed E-state index contributed by atoms with van der Waals surface area (Å²) in [6.45, 7) is 4.97. The molecule has 1 aromatic carbocycles. The van der Waals surface area contributed by atoms with Crippen LogP contribution in [0.1, 0.15) is 19.4 Å². The SMILES string of the molecule is Cc1ccc(S(=O)(=O)OCC2O[C@@H](CO)[C@@H]3OC(C)(C)O[C@H]23)cc1. The zero-order valence-electron chi connectivity index (χ0n) is 13.8. The molecular weight excluding hydrogens is 336 g/mol. The van der Waals surface area contributed by atoms with Gasteiger partial charge in [0.15, 0.2) is 5.79 Å². The maximum atomic E-state index is 12.3. The largest absolute Gasteiger partial charge is 0.394 e. The number of hydrogen-bond donors (Lipinski definition) is 1. The first-order valence-electron chi connectivity index (χ1n) is 7.80. The third-order valence-corrected chi connectivity index (χ3v) is 5.42. The number of aliphatic hydroxyl groups is 1. The van der Waals surface area contributed by atoms with Crippen LogP contribution in [0.25, 0.3) is 0 Å². The Morgan fingerprint density at radius 2 is 1.71 bits per heavy atom. The summed E-state index contributed by atoms with van der Waals surface area (Å²) in [5.74, 6) is -0.805. The Morgan fingerprint density at radius 1 is 1.12 bits per heavy atom. The first kappa shape index (κ1) is 17.8. The van der Waals surface area contributed by atoms with Gasteiger partial charge in [-0.25, -0.2) is 0 Å². The standard InChI is InChI=1S/C16H22O7S/c1-10-4-6-11(7-5-10)24(18,19)20-9-13-15-14(12(8-17)21-13)22-16(2,3)23-15/h4-7,12-15,17H,8-9H2,1-3H3/t12-,13?,14-,15+/m0/s1. The molecule has 0 bridgehead atoms. The summed E-state index contributed by atoms with van der Waals surface area (Å²) in [7, 11) is -3.89. The molecule has 2 aliphatic heterocycles. The zero-order chi connectivity index (χ0) is 17.5. The lowest BCUT2D eigenvalue weighted by Crippen LogP contribution is -2.33. The highest BCUT2D eigenvalue weighted by molar-refractivity contribution is 7.86. The van der Waals surface area contributed by atoms with Gasteiger partial charge in [-0.05, 0) is 32.9 Å². The molecule has 1 aromatic rings. The van der Waals surface area contributed by atoms with Crippen LogP contribution < -0.4 is 0 Å². The quantitative estimate of drug-likeness (QED) is 0.785. The number of fused-ring (bicyclic) bond motifs is 1. The first-order valence-corrected chi connectivity index (χ1v) is 9.21. The maximum absolute atomic E-state index is 12.3. The van der Waals surface area contributed by atoms with Crippen molar-refractivity contribution in [3.05, 3.63) is 29.8 Å². The number of hydrogen-bond acceptors (Lipinski definition) is 7. The van der Waals surface area contributed by atoms with Gasteiger partial charge in [0.1, 0.15) is 24.4 Å². The predicted octanol–water partition coefficient (Wildman–Crippen LogP) is 0.980. The average molecular weight is 358 g/mol. The molecule has 2 heterocycles. The average Bonchev–Trinajstić information content (AvgIpc) is 2.99. The molecule has 0 spiro atoms. The fraction of sp³-hybridized carbons (Fsp3) is 0.625. The Kier molecular flexibility index (Phi) is 4.71. The Balaban J connectivity index is 1.69. The minimum absolute atomic E-state index is 0.0882. The summed E-state index contributed by atoms with van der Waals surface area (Å²) in [4.78, 5) is 0.0882. The molecule has 2 saturated heterocycles. The van der Waals surface area contributed by atoms with Gasteiger partial charge in [0, 0.05) is 0 Å². The van der Waals surface area contributed by atoms with Crippen LogP contribution in [-0.2, 0) is 28.5 Å². The van der Waals surface area contributed by atoms with Gasteiger partial charge in [0.2, 0.25) is 0 Å². The number of aryl methyl sites for hydroxylation is 1. The summed E-state index contributed by atoms with van der Waals surface area (Å²) in [5.41, 5.74) is 0.959. The highest BCUT2D eigenvalue weighted by Gasteiger charge is 2.55. The van der Waals surface area contributed by atoms with Crippen molar-refractivity contribution in [1.29, 1.82) is 0 Å². The third-order valence-electron chi connectivity index (χ3n) is 4.12. The Hall–Kier alpha value is -1.03. The smallest absolute Gasteiger partial charge is 0.297 e. The van der Waals surface area contributed by atoms with Crippen molar-refractivity contribution in [2.45, 2.75) is 55.9 Å². The van der Waals surface area contributed by atoms with Crippen molar-refractivity contribution in [2.24, 2.45) is 0 Å². The van der Waals surface area contributed by atoms with E-state index in [0.29, 0.717) is 0 Å². The number of rotatable bonds is 5. The molecule has 0 aliphatic carbocycles. The monoisotopic (exact) mass is 358 g/mol. The minimum Gasteiger partial charge on any atom is -0.394 e. The lowest BCUT2D eigenvalue weighted by molar-refractivity contribution is -0.192. The topological polar surface area (TPSA) is 91.3 Å². The van der Waals surface area contributed by atoms with E-state index >= 15 is 0 Å². The van der Waals surface area contributed by atoms with E-state index in [-0.39, 0.29) is 18.1 Å². The number of aliphatic hydroxyl groups excluding tert-OH is 1. The second-order valence-corrected chi connectivity index (χ2v) is 8.13. The van der Waals surface area contributed by atoms with Gasteiger partial charge in [-0.3, -0.25) is 4.18 Å². The third kappa shape index (κ3) is 3.49. The fourth-order valence-electron chi connectivity index (χ4n) is 2.98. The summed E-state index contributed by atoms with van der Waals surface area (Å²) >= 11 is 0. The number of ether oxygens (including phenoxy) is 3. The van der Waals surface area contributed by atoms with Crippen molar-refractivity contribution in [3.63, 3.8) is 0 Å². The molecular formula is C16H22O7S. The van der Waals surface area contributed by atoms with E-state index in [0.717, 1.165) is 5.56 Å². The normalized spacial score (nSPS) is 32.0. The van der Waals surface area contributed by atoms with Gasteiger partial charge < -0.3 is 19.3 Å². The van der Waals surface area contributed by atoms with Crippen LogP contribution in [0.2, 0.25) is 0 Å². The van der Waals surface area contributed by atoms with Crippen LogP contribution in [0.15, 0.2) is 29.2 Å². The Morgan fingerprint density at radius 3 is 2.29 bits per heavy atom. The molecule has 7 nitrogen and oxygen atoms in total. The minimum atomic E-state index is -3.89. The van der Waals surface area contributed by atoms with Gasteiger partial charge in [-0.2, -0.15) is 8.42 Å². The van der Waals surface area contributed by atoms with Crippen molar-refractivity contribution in [3.8, 4) is 0 Å². The Labute approximate surface area is 141 Å². The fourth-order valence-corrected chi connectivity index (χ4v) is 3.90. The highest BCUT2D eigenvalue weighted by Crippen LogP contribution is 2.38.